The van der Waals surface area contributed by atoms with Crippen LogP contribution in [-0.2, 0) is 5.41 Å². The molecule has 0 spiro atoms. The molecule has 0 fully saturated rings. The largest absolute Gasteiger partial charge is 0.309 e. The molecule has 1 aliphatic rings. The van der Waals surface area contributed by atoms with Crippen LogP contribution in [0.5, 0.6) is 0 Å². The summed E-state index contributed by atoms with van der Waals surface area (Å²) in [5.41, 5.74) is 15.6. The lowest BCUT2D eigenvalue weighted by Gasteiger charge is -2.22. The number of aromatic nitrogens is 3. The maximum atomic E-state index is 5.16. The number of rotatable bonds is 4. The summed E-state index contributed by atoms with van der Waals surface area (Å²) in [7, 11) is 0. The normalized spacial score (nSPS) is 13.2. The second-order valence-electron chi connectivity index (χ2n) is 17.1. The number of fused-ring (bicyclic) bond motifs is 14. The predicted molar refractivity (Wildman–Crippen MR) is 256 cm³/mol. The Morgan fingerprint density at radius 3 is 1.77 bits per heavy atom. The summed E-state index contributed by atoms with van der Waals surface area (Å²) >= 11 is 0. The first-order valence-electron chi connectivity index (χ1n) is 21.2. The summed E-state index contributed by atoms with van der Waals surface area (Å²) in [6, 6.07) is 73.5. The molecule has 0 bridgehead atoms. The van der Waals surface area contributed by atoms with Crippen LogP contribution in [0.4, 0.5) is 0 Å². The van der Waals surface area contributed by atoms with Gasteiger partial charge in [0.15, 0.2) is 0 Å². The molecule has 2 aromatic heterocycles. The van der Waals surface area contributed by atoms with Gasteiger partial charge in [-0.05, 0) is 109 Å². The first kappa shape index (κ1) is 34.1. The van der Waals surface area contributed by atoms with Crippen molar-refractivity contribution in [3.8, 4) is 45.0 Å². The molecule has 286 valence electrons. The summed E-state index contributed by atoms with van der Waals surface area (Å²) in [4.78, 5) is 5.16. The third kappa shape index (κ3) is 4.77. The molecule has 0 amide bonds. The van der Waals surface area contributed by atoms with E-state index in [-0.39, 0.29) is 5.41 Å². The van der Waals surface area contributed by atoms with Gasteiger partial charge >= 0.3 is 0 Å². The van der Waals surface area contributed by atoms with Crippen molar-refractivity contribution < 1.29 is 0 Å². The lowest BCUT2D eigenvalue weighted by Crippen LogP contribution is -2.15. The molecule has 0 aliphatic heterocycles. The zero-order valence-corrected chi connectivity index (χ0v) is 33.9. The maximum Gasteiger partial charge on any atom is 0.145 e. The predicted octanol–water partition coefficient (Wildman–Crippen LogP) is 15.2. The second-order valence-corrected chi connectivity index (χ2v) is 17.1. The van der Waals surface area contributed by atoms with E-state index in [0.717, 1.165) is 28.1 Å². The van der Waals surface area contributed by atoms with Gasteiger partial charge in [0.05, 0.1) is 22.1 Å². The molecule has 10 aromatic carbocycles. The van der Waals surface area contributed by atoms with Crippen LogP contribution in [0.1, 0.15) is 25.0 Å². The molecular formula is C58H39N3. The van der Waals surface area contributed by atoms with Gasteiger partial charge in [0.25, 0.3) is 0 Å². The Hall–Kier alpha value is -7.75. The summed E-state index contributed by atoms with van der Waals surface area (Å²) in [6.45, 7) is 4.74. The van der Waals surface area contributed by atoms with Gasteiger partial charge in [-0.15, -0.1) is 0 Å². The molecule has 0 saturated heterocycles. The lowest BCUT2D eigenvalue weighted by molar-refractivity contribution is 0.660. The van der Waals surface area contributed by atoms with Crippen molar-refractivity contribution in [3.05, 3.63) is 211 Å². The molecule has 0 radical (unpaired) electrons. The Morgan fingerprint density at radius 1 is 0.377 bits per heavy atom. The Bertz CT molecular complexity index is 3770. The molecule has 0 atom stereocenters. The van der Waals surface area contributed by atoms with Crippen molar-refractivity contribution in [2.75, 3.05) is 0 Å². The molecule has 1 aliphatic carbocycles. The standard InChI is InChI=1S/C58H39N3/c1-58(2)49-24-12-10-20-42(49)43-33-32-39(34-50(43)58)60-52-26-14-11-23-46(52)54-45-22-9-7-19-41(45)48-35-47(40-18-6-8-21-44(40)55(48)56(54)60)36-28-30-37(31-29-36)57-59-51-25-13-15-27-53(51)61(57)38-16-4-3-5-17-38/h3-35H,1-2H3. The number of hydrogen-bond donors (Lipinski definition) is 0. The van der Waals surface area contributed by atoms with Crippen LogP contribution in [0.2, 0.25) is 0 Å². The minimum absolute atomic E-state index is 0.110. The fourth-order valence-corrected chi connectivity index (χ4v) is 10.7. The first-order chi connectivity index (χ1) is 30.0. The fourth-order valence-electron chi connectivity index (χ4n) is 10.7. The molecule has 2 heterocycles. The van der Waals surface area contributed by atoms with E-state index in [1.54, 1.807) is 0 Å². The van der Waals surface area contributed by atoms with Gasteiger partial charge in [-0.25, -0.2) is 4.98 Å². The van der Waals surface area contributed by atoms with Crippen LogP contribution in [-0.4, -0.2) is 14.1 Å². The summed E-state index contributed by atoms with van der Waals surface area (Å²) in [5, 5.41) is 10.1. The highest BCUT2D eigenvalue weighted by Crippen LogP contribution is 2.51. The Morgan fingerprint density at radius 2 is 0.967 bits per heavy atom. The van der Waals surface area contributed by atoms with Crippen LogP contribution >= 0.6 is 0 Å². The molecule has 0 N–H and O–H groups in total. The van der Waals surface area contributed by atoms with Crippen LogP contribution in [0, 0.1) is 0 Å². The highest BCUT2D eigenvalue weighted by molar-refractivity contribution is 6.37. The topological polar surface area (TPSA) is 22.8 Å². The molecular weight excluding hydrogens is 739 g/mol. The van der Waals surface area contributed by atoms with Gasteiger partial charge in [0.1, 0.15) is 5.82 Å². The molecule has 3 heteroatoms. The maximum absolute atomic E-state index is 5.16. The van der Waals surface area contributed by atoms with E-state index in [0.29, 0.717) is 0 Å². The third-order valence-electron chi connectivity index (χ3n) is 13.5. The van der Waals surface area contributed by atoms with Gasteiger partial charge < -0.3 is 4.57 Å². The number of imidazole rings is 1. The van der Waals surface area contributed by atoms with Gasteiger partial charge in [-0.1, -0.05) is 166 Å². The van der Waals surface area contributed by atoms with Gasteiger partial charge in [-0.3, -0.25) is 4.57 Å². The highest BCUT2D eigenvalue weighted by Gasteiger charge is 2.35. The van der Waals surface area contributed by atoms with E-state index in [1.165, 1.54) is 93.2 Å². The van der Waals surface area contributed by atoms with E-state index in [2.05, 4.69) is 223 Å². The quantitative estimate of drug-likeness (QED) is 0.163. The molecule has 0 saturated carbocycles. The van der Waals surface area contributed by atoms with Crippen LogP contribution in [0.25, 0.3) is 110 Å². The van der Waals surface area contributed by atoms with E-state index in [9.17, 15) is 0 Å². The van der Waals surface area contributed by atoms with Gasteiger partial charge in [0, 0.05) is 38.5 Å². The van der Waals surface area contributed by atoms with Crippen molar-refractivity contribution >= 4 is 65.2 Å². The monoisotopic (exact) mass is 777 g/mol. The molecule has 61 heavy (non-hydrogen) atoms. The van der Waals surface area contributed by atoms with Crippen molar-refractivity contribution in [2.24, 2.45) is 0 Å². The first-order valence-corrected chi connectivity index (χ1v) is 21.2. The van der Waals surface area contributed by atoms with Crippen molar-refractivity contribution in [3.63, 3.8) is 0 Å². The van der Waals surface area contributed by atoms with E-state index >= 15 is 0 Å². The third-order valence-corrected chi connectivity index (χ3v) is 13.5. The zero-order valence-electron chi connectivity index (χ0n) is 33.9. The summed E-state index contributed by atoms with van der Waals surface area (Å²) < 4.78 is 4.82. The van der Waals surface area contributed by atoms with Crippen LogP contribution in [0.3, 0.4) is 0 Å². The van der Waals surface area contributed by atoms with Crippen LogP contribution < -0.4 is 0 Å². The average Bonchev–Trinajstić information content (AvgIpc) is 3.95. The van der Waals surface area contributed by atoms with Crippen LogP contribution in [0.15, 0.2) is 200 Å². The summed E-state index contributed by atoms with van der Waals surface area (Å²) in [5.74, 6) is 0.933. The van der Waals surface area contributed by atoms with E-state index < -0.39 is 0 Å². The smallest absolute Gasteiger partial charge is 0.145 e. The van der Waals surface area contributed by atoms with Gasteiger partial charge in [0.2, 0.25) is 0 Å². The van der Waals surface area contributed by atoms with E-state index in [4.69, 9.17) is 4.98 Å². The highest BCUT2D eigenvalue weighted by atomic mass is 15.1. The Labute approximate surface area is 353 Å². The fraction of sp³-hybridized carbons (Fsp3) is 0.0517. The molecule has 13 rings (SSSR count). The molecule has 12 aromatic rings. The molecule has 0 unspecified atom stereocenters. The minimum Gasteiger partial charge on any atom is -0.309 e. The average molecular weight is 778 g/mol. The van der Waals surface area contributed by atoms with Crippen molar-refractivity contribution in [1.29, 1.82) is 0 Å². The Balaban J connectivity index is 1.07. The lowest BCUT2D eigenvalue weighted by atomic mass is 9.82. The van der Waals surface area contributed by atoms with Gasteiger partial charge in [-0.2, -0.15) is 0 Å². The van der Waals surface area contributed by atoms with E-state index in [1.807, 2.05) is 0 Å². The SMILES string of the molecule is CC1(C)c2ccccc2-c2ccc(-n3c4ccccc4c4c5ccccc5c5cc(-c6ccc(-c7nc8ccccc8n7-c7ccccc7)cc6)c6ccccc6c5c43)cc21. The second kappa shape index (κ2) is 12.6. The zero-order chi connectivity index (χ0) is 40.4. The van der Waals surface area contributed by atoms with Crippen molar-refractivity contribution in [2.45, 2.75) is 19.3 Å². The number of benzene rings is 10. The Kier molecular flexibility index (Phi) is 7.07. The number of para-hydroxylation sites is 4. The van der Waals surface area contributed by atoms with Crippen molar-refractivity contribution in [1.82, 2.24) is 14.1 Å². The molecule has 3 nitrogen and oxygen atoms in total. The number of hydrogen-bond acceptors (Lipinski definition) is 1. The summed E-state index contributed by atoms with van der Waals surface area (Å²) in [6.07, 6.45) is 0. The number of nitrogens with zero attached hydrogens (tertiary/aromatic N) is 3. The minimum atomic E-state index is -0.110.